The van der Waals surface area contributed by atoms with Crippen LogP contribution < -0.4 is 14.4 Å². The molecule has 224 valence electrons. The predicted molar refractivity (Wildman–Crippen MR) is 163 cm³/mol. The minimum absolute atomic E-state index is 0.0138. The molecule has 0 radical (unpaired) electrons. The zero-order valence-electron chi connectivity index (χ0n) is 23.6. The Morgan fingerprint density at radius 2 is 1.67 bits per heavy atom. The molecule has 2 amide bonds. The van der Waals surface area contributed by atoms with Gasteiger partial charge in [0, 0.05) is 22.6 Å². The summed E-state index contributed by atoms with van der Waals surface area (Å²) in [6.45, 7) is 3.03. The van der Waals surface area contributed by atoms with Gasteiger partial charge >= 0.3 is 0 Å². The molecule has 42 heavy (non-hydrogen) atoms. The van der Waals surface area contributed by atoms with Crippen molar-refractivity contribution >= 4 is 43.5 Å². The lowest BCUT2D eigenvalue weighted by Gasteiger charge is -2.32. The number of anilines is 1. The molecule has 1 saturated carbocycles. The Bertz CT molecular complexity index is 1480. The maximum atomic E-state index is 14.7. The van der Waals surface area contributed by atoms with Crippen molar-refractivity contribution in [2.24, 2.45) is 0 Å². The van der Waals surface area contributed by atoms with Gasteiger partial charge in [-0.05, 0) is 81.3 Å². The summed E-state index contributed by atoms with van der Waals surface area (Å²) in [6.07, 6.45) is 3.75. The van der Waals surface area contributed by atoms with Crippen LogP contribution in [-0.4, -0.2) is 50.4 Å². The third kappa shape index (κ3) is 7.69. The molecule has 11 heteroatoms. The number of nitrogens with one attached hydrogen (secondary N) is 1. The number of sulfonamides is 1. The molecule has 0 bridgehead atoms. The topological polar surface area (TPSA) is 96.0 Å². The molecule has 0 aromatic heterocycles. The van der Waals surface area contributed by atoms with Gasteiger partial charge < -0.3 is 15.0 Å². The van der Waals surface area contributed by atoms with Gasteiger partial charge in [-0.1, -0.05) is 47.0 Å². The Labute approximate surface area is 255 Å². The highest BCUT2D eigenvalue weighted by Crippen LogP contribution is 2.28. The largest absolute Gasteiger partial charge is 0.494 e. The van der Waals surface area contributed by atoms with Crippen molar-refractivity contribution in [3.8, 4) is 5.75 Å². The van der Waals surface area contributed by atoms with E-state index in [9.17, 15) is 22.4 Å². The van der Waals surface area contributed by atoms with Gasteiger partial charge in [-0.25, -0.2) is 12.8 Å². The van der Waals surface area contributed by atoms with Crippen LogP contribution in [0.2, 0.25) is 0 Å². The fourth-order valence-corrected chi connectivity index (χ4v) is 6.60. The standard InChI is InChI=1S/C31H35BrFN3O5S/c1-3-41-27-16-14-26(15-17-27)36(42(39,40)28-18-12-24(32)13-19-28)21-30(37)35(20-23-8-4-7-11-29(23)33)22(2)31(38)34-25-9-5-6-10-25/h4,7-8,11-19,22,25H,3,5-6,9-10,20-21H2,1-2H3,(H,34,38). The van der Waals surface area contributed by atoms with E-state index >= 15 is 0 Å². The molecular weight excluding hydrogens is 625 g/mol. The second kappa shape index (κ2) is 14.2. The average Bonchev–Trinajstić information content (AvgIpc) is 3.49. The normalized spacial score (nSPS) is 14.3. The number of nitrogens with zero attached hydrogens (tertiary/aromatic N) is 2. The summed E-state index contributed by atoms with van der Waals surface area (Å²) in [5, 5.41) is 3.00. The highest BCUT2D eigenvalue weighted by atomic mass is 79.9. The molecule has 8 nitrogen and oxygen atoms in total. The monoisotopic (exact) mass is 659 g/mol. The van der Waals surface area contributed by atoms with Crippen LogP contribution in [0.25, 0.3) is 0 Å². The first-order valence-corrected chi connectivity index (χ1v) is 16.2. The lowest BCUT2D eigenvalue weighted by atomic mass is 10.1. The molecule has 0 heterocycles. The first kappa shape index (κ1) is 31.5. The molecule has 0 saturated heterocycles. The van der Waals surface area contributed by atoms with E-state index < -0.39 is 34.3 Å². The zero-order chi connectivity index (χ0) is 30.3. The fraction of sp³-hybridized carbons (Fsp3) is 0.355. The van der Waals surface area contributed by atoms with Crippen molar-refractivity contribution in [1.82, 2.24) is 10.2 Å². The zero-order valence-corrected chi connectivity index (χ0v) is 26.0. The maximum Gasteiger partial charge on any atom is 0.264 e. The molecular formula is C31H35BrFN3O5S. The molecule has 1 unspecified atom stereocenters. The van der Waals surface area contributed by atoms with Crippen LogP contribution >= 0.6 is 15.9 Å². The van der Waals surface area contributed by atoms with Crippen LogP contribution in [0, 0.1) is 5.82 Å². The minimum Gasteiger partial charge on any atom is -0.494 e. The van der Waals surface area contributed by atoms with Gasteiger partial charge in [0.15, 0.2) is 0 Å². The smallest absolute Gasteiger partial charge is 0.264 e. The number of carbonyl (C=O) groups is 2. The number of amides is 2. The summed E-state index contributed by atoms with van der Waals surface area (Å²) >= 11 is 3.32. The third-order valence-corrected chi connectivity index (χ3v) is 9.60. The van der Waals surface area contributed by atoms with Crippen LogP contribution in [0.3, 0.4) is 0 Å². The highest BCUT2D eigenvalue weighted by Gasteiger charge is 2.33. The SMILES string of the molecule is CCOc1ccc(N(CC(=O)N(Cc2ccccc2F)C(C)C(=O)NC2CCCC2)S(=O)(=O)c2ccc(Br)cc2)cc1. The quantitative estimate of drug-likeness (QED) is 0.271. The third-order valence-electron chi connectivity index (χ3n) is 7.28. The molecule has 1 atom stereocenters. The number of rotatable bonds is 12. The minimum atomic E-state index is -4.22. The second-order valence-electron chi connectivity index (χ2n) is 10.2. The number of hydrogen-bond donors (Lipinski definition) is 1. The van der Waals surface area contributed by atoms with Crippen molar-refractivity contribution in [3.63, 3.8) is 0 Å². The van der Waals surface area contributed by atoms with E-state index in [0.717, 1.165) is 30.0 Å². The Balaban J connectivity index is 1.69. The molecule has 0 aliphatic heterocycles. The van der Waals surface area contributed by atoms with E-state index in [0.29, 0.717) is 16.8 Å². The van der Waals surface area contributed by atoms with Gasteiger partial charge in [-0.2, -0.15) is 0 Å². The van der Waals surface area contributed by atoms with Crippen LogP contribution in [0.4, 0.5) is 10.1 Å². The molecule has 1 aliphatic carbocycles. The van der Waals surface area contributed by atoms with E-state index in [-0.39, 0.29) is 34.6 Å². The van der Waals surface area contributed by atoms with E-state index in [1.807, 2.05) is 6.92 Å². The van der Waals surface area contributed by atoms with Gasteiger partial charge in [0.25, 0.3) is 10.0 Å². The van der Waals surface area contributed by atoms with Crippen LogP contribution in [-0.2, 0) is 26.2 Å². The Kier molecular flexibility index (Phi) is 10.6. The fourth-order valence-electron chi connectivity index (χ4n) is 4.92. The predicted octanol–water partition coefficient (Wildman–Crippen LogP) is 5.66. The molecule has 1 N–H and O–H groups in total. The number of halogens is 2. The molecule has 3 aromatic carbocycles. The summed E-state index contributed by atoms with van der Waals surface area (Å²) in [5.74, 6) is -0.992. The molecule has 4 rings (SSSR count). The number of carbonyl (C=O) groups excluding carboxylic acids is 2. The first-order chi connectivity index (χ1) is 20.1. The summed E-state index contributed by atoms with van der Waals surface area (Å²) < 4.78 is 49.8. The van der Waals surface area contributed by atoms with Crippen molar-refractivity contribution in [2.75, 3.05) is 17.5 Å². The number of benzene rings is 3. The van der Waals surface area contributed by atoms with Crippen molar-refractivity contribution < 1.29 is 27.1 Å². The Morgan fingerprint density at radius 3 is 2.29 bits per heavy atom. The van der Waals surface area contributed by atoms with Gasteiger partial charge in [-0.3, -0.25) is 13.9 Å². The van der Waals surface area contributed by atoms with Crippen LogP contribution in [0.15, 0.2) is 82.2 Å². The molecule has 1 fully saturated rings. The lowest BCUT2D eigenvalue weighted by Crippen LogP contribution is -2.52. The Morgan fingerprint density at radius 1 is 1.02 bits per heavy atom. The first-order valence-electron chi connectivity index (χ1n) is 13.9. The van der Waals surface area contributed by atoms with Crippen molar-refractivity contribution in [1.29, 1.82) is 0 Å². The summed E-state index contributed by atoms with van der Waals surface area (Å²) in [7, 11) is -4.22. The molecule has 1 aliphatic rings. The molecule has 3 aromatic rings. The van der Waals surface area contributed by atoms with Crippen LogP contribution in [0.5, 0.6) is 5.75 Å². The highest BCUT2D eigenvalue weighted by molar-refractivity contribution is 9.10. The maximum absolute atomic E-state index is 14.7. The van der Waals surface area contributed by atoms with E-state index in [2.05, 4.69) is 21.2 Å². The molecule has 0 spiro atoms. The number of ether oxygens (including phenoxy) is 1. The van der Waals surface area contributed by atoms with Crippen molar-refractivity contribution in [3.05, 3.63) is 88.6 Å². The van der Waals surface area contributed by atoms with Gasteiger partial charge in [-0.15, -0.1) is 0 Å². The summed E-state index contributed by atoms with van der Waals surface area (Å²) in [6, 6.07) is 17.5. The number of hydrogen-bond acceptors (Lipinski definition) is 5. The van der Waals surface area contributed by atoms with E-state index in [1.54, 1.807) is 61.5 Å². The van der Waals surface area contributed by atoms with Gasteiger partial charge in [0.05, 0.1) is 17.2 Å². The lowest BCUT2D eigenvalue weighted by molar-refractivity contribution is -0.139. The van der Waals surface area contributed by atoms with Crippen LogP contribution in [0.1, 0.15) is 45.1 Å². The van der Waals surface area contributed by atoms with Gasteiger partial charge in [0.1, 0.15) is 24.2 Å². The summed E-state index contributed by atoms with van der Waals surface area (Å²) in [5.41, 5.74) is 0.457. The van der Waals surface area contributed by atoms with Crippen molar-refractivity contribution in [2.45, 2.75) is 63.1 Å². The van der Waals surface area contributed by atoms with E-state index in [1.165, 1.54) is 23.1 Å². The van der Waals surface area contributed by atoms with Gasteiger partial charge in [0.2, 0.25) is 11.8 Å². The average molecular weight is 661 g/mol. The second-order valence-corrected chi connectivity index (χ2v) is 12.9. The Hall–Kier alpha value is -3.44. The summed E-state index contributed by atoms with van der Waals surface area (Å²) in [4.78, 5) is 28.5. The van der Waals surface area contributed by atoms with E-state index in [4.69, 9.17) is 4.74 Å².